The van der Waals surface area contributed by atoms with Crippen LogP contribution in [0.25, 0.3) is 6.08 Å². The molecule has 3 nitrogen and oxygen atoms in total. The van der Waals surface area contributed by atoms with Gasteiger partial charge in [0.05, 0.1) is 15.1 Å². The normalized spacial score (nSPS) is 14.6. The second-order valence-electron chi connectivity index (χ2n) is 6.03. The molecule has 3 aromatic carbocycles. The highest BCUT2D eigenvalue weighted by atomic mass is 79.9. The van der Waals surface area contributed by atoms with Crippen LogP contribution in [-0.4, -0.2) is 5.91 Å². The molecule has 0 aromatic heterocycles. The third-order valence-corrected chi connectivity index (χ3v) is 5.79. The van der Waals surface area contributed by atoms with Crippen LogP contribution in [0.15, 0.2) is 87.1 Å². The molecule has 134 valence electrons. The zero-order valence-corrected chi connectivity index (χ0v) is 16.7. The Balaban J connectivity index is 1.51. The van der Waals surface area contributed by atoms with Gasteiger partial charge in [0.1, 0.15) is 12.4 Å². The van der Waals surface area contributed by atoms with Gasteiger partial charge in [-0.15, -0.1) is 0 Å². The number of hydrogen-bond acceptors (Lipinski definition) is 3. The predicted octanol–water partition coefficient (Wildman–Crippen LogP) is 6.11. The molecule has 0 unspecified atom stereocenters. The minimum Gasteiger partial charge on any atom is -0.488 e. The van der Waals surface area contributed by atoms with Crippen molar-refractivity contribution in [2.45, 2.75) is 11.5 Å². The van der Waals surface area contributed by atoms with E-state index in [1.165, 1.54) is 11.8 Å². The molecule has 3 aromatic rings. The van der Waals surface area contributed by atoms with E-state index < -0.39 is 0 Å². The highest BCUT2D eigenvalue weighted by Crippen LogP contribution is 2.39. The first-order valence-electron chi connectivity index (χ1n) is 8.45. The van der Waals surface area contributed by atoms with E-state index in [1.807, 2.05) is 78.9 Å². The van der Waals surface area contributed by atoms with Gasteiger partial charge in [0.25, 0.3) is 5.91 Å². The monoisotopic (exact) mass is 437 g/mol. The van der Waals surface area contributed by atoms with Crippen LogP contribution in [0.1, 0.15) is 11.1 Å². The van der Waals surface area contributed by atoms with Crippen LogP contribution >= 0.6 is 27.7 Å². The van der Waals surface area contributed by atoms with E-state index in [2.05, 4.69) is 21.2 Å². The van der Waals surface area contributed by atoms with Crippen LogP contribution in [0, 0.1) is 0 Å². The lowest BCUT2D eigenvalue weighted by Gasteiger charge is -2.18. The fourth-order valence-electron chi connectivity index (χ4n) is 2.71. The van der Waals surface area contributed by atoms with E-state index in [0.29, 0.717) is 11.5 Å². The minimum absolute atomic E-state index is 0.0840. The number of ether oxygens (including phenoxy) is 1. The molecular formula is C22H16BrNO2S. The Morgan fingerprint density at radius 3 is 2.59 bits per heavy atom. The van der Waals surface area contributed by atoms with Crippen molar-refractivity contribution in [2.75, 3.05) is 5.32 Å². The van der Waals surface area contributed by atoms with Crippen molar-refractivity contribution in [3.05, 3.63) is 93.3 Å². The SMILES string of the molecule is O=C1Nc2ccccc2S/C1=C\c1ccc(OCc2ccccc2)c(Br)c1. The second-order valence-corrected chi connectivity index (χ2v) is 7.96. The number of halogens is 1. The van der Waals surface area contributed by atoms with Gasteiger partial charge in [-0.25, -0.2) is 0 Å². The van der Waals surface area contributed by atoms with E-state index in [1.54, 1.807) is 0 Å². The second kappa shape index (κ2) is 8.03. The molecule has 0 radical (unpaired) electrons. The average Bonchev–Trinajstić information content (AvgIpc) is 2.69. The fourth-order valence-corrected chi connectivity index (χ4v) is 4.18. The van der Waals surface area contributed by atoms with Crippen molar-refractivity contribution >= 4 is 45.4 Å². The van der Waals surface area contributed by atoms with Crippen LogP contribution in [-0.2, 0) is 11.4 Å². The zero-order chi connectivity index (χ0) is 18.6. The smallest absolute Gasteiger partial charge is 0.262 e. The van der Waals surface area contributed by atoms with Crippen molar-refractivity contribution in [3.8, 4) is 5.75 Å². The summed E-state index contributed by atoms with van der Waals surface area (Å²) in [6.07, 6.45) is 1.89. The number of benzene rings is 3. The number of fused-ring (bicyclic) bond motifs is 1. The summed E-state index contributed by atoms with van der Waals surface area (Å²) in [7, 11) is 0. The van der Waals surface area contributed by atoms with E-state index >= 15 is 0 Å². The maximum Gasteiger partial charge on any atom is 0.262 e. The lowest BCUT2D eigenvalue weighted by Crippen LogP contribution is -2.17. The van der Waals surface area contributed by atoms with Gasteiger partial charge in [-0.05, 0) is 57.4 Å². The summed E-state index contributed by atoms with van der Waals surface area (Å²) in [5.41, 5.74) is 2.91. The third kappa shape index (κ3) is 4.26. The lowest BCUT2D eigenvalue weighted by molar-refractivity contribution is -0.112. The van der Waals surface area contributed by atoms with E-state index in [0.717, 1.165) is 31.9 Å². The molecule has 1 aliphatic heterocycles. The van der Waals surface area contributed by atoms with E-state index in [9.17, 15) is 4.79 Å². The highest BCUT2D eigenvalue weighted by molar-refractivity contribution is 9.10. The molecule has 0 aliphatic carbocycles. The summed E-state index contributed by atoms with van der Waals surface area (Å²) in [4.78, 5) is 14.0. The van der Waals surface area contributed by atoms with Crippen molar-refractivity contribution in [1.29, 1.82) is 0 Å². The first-order chi connectivity index (χ1) is 13.2. The molecule has 5 heteroatoms. The summed E-state index contributed by atoms with van der Waals surface area (Å²) in [6, 6.07) is 23.7. The van der Waals surface area contributed by atoms with Gasteiger partial charge in [-0.2, -0.15) is 0 Å². The van der Waals surface area contributed by atoms with Gasteiger partial charge in [0.2, 0.25) is 0 Å². The molecule has 1 heterocycles. The first-order valence-corrected chi connectivity index (χ1v) is 10.1. The van der Waals surface area contributed by atoms with Crippen LogP contribution < -0.4 is 10.1 Å². The number of nitrogens with one attached hydrogen (secondary N) is 1. The van der Waals surface area contributed by atoms with Gasteiger partial charge in [0.15, 0.2) is 0 Å². The number of amides is 1. The number of para-hydroxylation sites is 1. The molecule has 4 rings (SSSR count). The van der Waals surface area contributed by atoms with Gasteiger partial charge in [-0.1, -0.05) is 60.3 Å². The molecule has 0 fully saturated rings. The summed E-state index contributed by atoms with van der Waals surface area (Å²) >= 11 is 5.04. The number of thioether (sulfide) groups is 1. The molecule has 0 bridgehead atoms. The van der Waals surface area contributed by atoms with Gasteiger partial charge >= 0.3 is 0 Å². The lowest BCUT2D eigenvalue weighted by atomic mass is 10.2. The van der Waals surface area contributed by atoms with Gasteiger partial charge < -0.3 is 10.1 Å². The van der Waals surface area contributed by atoms with Crippen molar-refractivity contribution in [1.82, 2.24) is 0 Å². The summed E-state index contributed by atoms with van der Waals surface area (Å²) < 4.78 is 6.74. The number of rotatable bonds is 4. The van der Waals surface area contributed by atoms with Crippen molar-refractivity contribution < 1.29 is 9.53 Å². The van der Waals surface area contributed by atoms with Crippen LogP contribution in [0.4, 0.5) is 5.69 Å². The average molecular weight is 438 g/mol. The molecule has 0 atom stereocenters. The van der Waals surface area contributed by atoms with E-state index in [-0.39, 0.29) is 5.91 Å². The van der Waals surface area contributed by atoms with Gasteiger partial charge in [-0.3, -0.25) is 4.79 Å². The first kappa shape index (κ1) is 17.9. The zero-order valence-electron chi connectivity index (χ0n) is 14.3. The van der Waals surface area contributed by atoms with Crippen molar-refractivity contribution in [3.63, 3.8) is 0 Å². The molecule has 27 heavy (non-hydrogen) atoms. The molecule has 0 saturated heterocycles. The summed E-state index contributed by atoms with van der Waals surface area (Å²) in [6.45, 7) is 0.509. The maximum absolute atomic E-state index is 12.3. The number of anilines is 1. The minimum atomic E-state index is -0.0840. The number of hydrogen-bond donors (Lipinski definition) is 1. The molecular weight excluding hydrogens is 422 g/mol. The Kier molecular flexibility index (Phi) is 5.32. The predicted molar refractivity (Wildman–Crippen MR) is 114 cm³/mol. The maximum atomic E-state index is 12.3. The Bertz CT molecular complexity index is 1020. The van der Waals surface area contributed by atoms with Crippen molar-refractivity contribution in [2.24, 2.45) is 0 Å². The van der Waals surface area contributed by atoms with Gasteiger partial charge in [0, 0.05) is 4.90 Å². The molecule has 1 aliphatic rings. The summed E-state index contributed by atoms with van der Waals surface area (Å²) in [5, 5.41) is 2.93. The summed E-state index contributed by atoms with van der Waals surface area (Å²) in [5.74, 6) is 0.686. The molecule has 1 amide bonds. The topological polar surface area (TPSA) is 38.3 Å². The van der Waals surface area contributed by atoms with Crippen LogP contribution in [0.5, 0.6) is 5.75 Å². The van der Waals surface area contributed by atoms with Crippen LogP contribution in [0.3, 0.4) is 0 Å². The third-order valence-electron chi connectivity index (χ3n) is 4.07. The Hall–Kier alpha value is -2.50. The largest absolute Gasteiger partial charge is 0.488 e. The quantitative estimate of drug-likeness (QED) is 0.500. The standard InChI is InChI=1S/C22H16BrNO2S/c23-17-12-16(10-11-19(17)26-14-15-6-2-1-3-7-15)13-21-22(25)24-18-8-4-5-9-20(18)27-21/h1-13H,14H2,(H,24,25)/b21-13-. The highest BCUT2D eigenvalue weighted by Gasteiger charge is 2.20. The fraction of sp³-hybridized carbons (Fsp3) is 0.0455. The molecule has 0 saturated carbocycles. The van der Waals surface area contributed by atoms with E-state index in [4.69, 9.17) is 4.74 Å². The number of carbonyl (C=O) groups is 1. The molecule has 1 N–H and O–H groups in total. The van der Waals surface area contributed by atoms with Crippen LogP contribution in [0.2, 0.25) is 0 Å². The number of carbonyl (C=O) groups excluding carboxylic acids is 1. The Morgan fingerprint density at radius 2 is 1.78 bits per heavy atom. The Labute approximate surface area is 170 Å². The Morgan fingerprint density at radius 1 is 1.00 bits per heavy atom. The molecule has 0 spiro atoms.